The standard InChI is InChI=1S/C36H30Cl2N2O8/c1-48-27-15-18(14-26(38)31(27)43)30-22-10-11-23-29(34(46)39(32(23)44)13-12-28(41)42)24(22)17-25-33(45)40(21-9-5-8-20(37)16-21)35(47)36(25,30)19-6-3-2-4-7-19/h2-10,14-16,23-25,29-30,43H,11-13,17H2,1H3,(H,41,42)/t23-,24+,25-,29-,30-,36+/m0/s1. The Morgan fingerprint density at radius 3 is 2.40 bits per heavy atom. The molecule has 0 bridgehead atoms. The molecule has 2 aliphatic heterocycles. The summed E-state index contributed by atoms with van der Waals surface area (Å²) in [6.45, 7) is -0.256. The van der Waals surface area contributed by atoms with Crippen molar-refractivity contribution in [1.29, 1.82) is 0 Å². The minimum Gasteiger partial charge on any atom is -0.503 e. The Balaban J connectivity index is 1.48. The first-order chi connectivity index (χ1) is 23.0. The lowest BCUT2D eigenvalue weighted by Crippen LogP contribution is -2.53. The molecule has 12 heteroatoms. The van der Waals surface area contributed by atoms with Crippen LogP contribution in [0.25, 0.3) is 0 Å². The van der Waals surface area contributed by atoms with Crippen LogP contribution in [0.5, 0.6) is 11.5 Å². The van der Waals surface area contributed by atoms with Crippen LogP contribution in [0.15, 0.2) is 78.4 Å². The number of carbonyl (C=O) groups is 5. The van der Waals surface area contributed by atoms with E-state index < -0.39 is 71.0 Å². The first kappa shape index (κ1) is 31.9. The number of rotatable bonds is 7. The fourth-order valence-corrected chi connectivity index (χ4v) is 8.93. The Morgan fingerprint density at radius 2 is 1.71 bits per heavy atom. The zero-order chi connectivity index (χ0) is 34.1. The molecule has 48 heavy (non-hydrogen) atoms. The maximum atomic E-state index is 15.2. The average Bonchev–Trinajstić information content (AvgIpc) is 3.45. The van der Waals surface area contributed by atoms with Gasteiger partial charge in [0.05, 0.1) is 47.4 Å². The van der Waals surface area contributed by atoms with E-state index in [-0.39, 0.29) is 35.9 Å². The normalized spacial score (nSPS) is 27.8. The second kappa shape index (κ2) is 11.8. The highest BCUT2D eigenvalue weighted by Crippen LogP contribution is 2.65. The van der Waals surface area contributed by atoms with Crippen molar-refractivity contribution in [1.82, 2.24) is 4.90 Å². The molecule has 2 N–H and O–H groups in total. The molecule has 6 atom stereocenters. The summed E-state index contributed by atoms with van der Waals surface area (Å²) in [6.07, 6.45) is 1.75. The maximum absolute atomic E-state index is 15.2. The van der Waals surface area contributed by atoms with Gasteiger partial charge in [-0.1, -0.05) is 71.2 Å². The van der Waals surface area contributed by atoms with Crippen LogP contribution < -0.4 is 9.64 Å². The molecule has 0 radical (unpaired) electrons. The Morgan fingerprint density at radius 1 is 0.958 bits per heavy atom. The molecule has 2 aliphatic carbocycles. The van der Waals surface area contributed by atoms with Crippen molar-refractivity contribution >= 4 is 58.5 Å². The molecule has 3 fully saturated rings. The number of anilines is 1. The van der Waals surface area contributed by atoms with E-state index in [1.165, 1.54) is 7.11 Å². The van der Waals surface area contributed by atoms with E-state index in [1.54, 1.807) is 60.7 Å². The van der Waals surface area contributed by atoms with Crippen LogP contribution in [0.2, 0.25) is 10.0 Å². The first-order valence-electron chi connectivity index (χ1n) is 15.5. The van der Waals surface area contributed by atoms with Crippen LogP contribution in [-0.2, 0) is 29.4 Å². The number of hydrogen-bond donors (Lipinski definition) is 2. The van der Waals surface area contributed by atoms with Crippen molar-refractivity contribution in [2.24, 2.45) is 23.7 Å². The molecule has 3 aromatic rings. The number of methoxy groups -OCH3 is 1. The van der Waals surface area contributed by atoms with Crippen molar-refractivity contribution in [3.63, 3.8) is 0 Å². The van der Waals surface area contributed by atoms with E-state index >= 15 is 4.79 Å². The smallest absolute Gasteiger partial charge is 0.305 e. The maximum Gasteiger partial charge on any atom is 0.305 e. The van der Waals surface area contributed by atoms with Crippen molar-refractivity contribution in [2.75, 3.05) is 18.6 Å². The Bertz CT molecular complexity index is 1930. The van der Waals surface area contributed by atoms with Crippen molar-refractivity contribution in [3.05, 3.63) is 99.6 Å². The first-order valence-corrected chi connectivity index (χ1v) is 16.3. The number of hydrogen-bond acceptors (Lipinski definition) is 7. The van der Waals surface area contributed by atoms with Gasteiger partial charge in [-0.05, 0) is 60.2 Å². The number of allylic oxidation sites excluding steroid dienone is 2. The fraction of sp³-hybridized carbons (Fsp3) is 0.306. The molecule has 1 saturated carbocycles. The van der Waals surface area contributed by atoms with E-state index in [2.05, 4.69) is 0 Å². The quantitative estimate of drug-likeness (QED) is 0.250. The number of fused-ring (bicyclic) bond motifs is 4. The van der Waals surface area contributed by atoms with Gasteiger partial charge in [0.1, 0.15) is 0 Å². The summed E-state index contributed by atoms with van der Waals surface area (Å²) in [5.41, 5.74) is 0.506. The number of ether oxygens (including phenoxy) is 1. The van der Waals surface area contributed by atoms with Gasteiger partial charge in [0.25, 0.3) is 0 Å². The Labute approximate surface area is 285 Å². The molecular formula is C36H30Cl2N2O8. The zero-order valence-corrected chi connectivity index (χ0v) is 27.1. The van der Waals surface area contributed by atoms with E-state index in [0.29, 0.717) is 27.4 Å². The number of aromatic hydroxyl groups is 1. The largest absolute Gasteiger partial charge is 0.503 e. The summed E-state index contributed by atoms with van der Waals surface area (Å²) < 4.78 is 5.47. The molecule has 0 spiro atoms. The van der Waals surface area contributed by atoms with Crippen LogP contribution in [0.4, 0.5) is 5.69 Å². The second-order valence-corrected chi connectivity index (χ2v) is 13.5. The van der Waals surface area contributed by atoms with E-state index in [4.69, 9.17) is 27.9 Å². The highest BCUT2D eigenvalue weighted by atomic mass is 35.5. The SMILES string of the molecule is COc1cc([C@H]2C3=CC[C@@H]4C(=O)N(CCC(=O)O)C(=O)[C@@H]4[C@@H]3C[C@H]3C(=O)N(c4cccc(Cl)c4)C(=O)[C@@]23c2ccccc2)cc(Cl)c1O. The molecule has 0 aromatic heterocycles. The zero-order valence-electron chi connectivity index (χ0n) is 25.6. The summed E-state index contributed by atoms with van der Waals surface area (Å²) >= 11 is 12.9. The lowest BCUT2D eigenvalue weighted by Gasteiger charge is -2.50. The number of benzene rings is 3. The molecule has 4 amide bonds. The lowest BCUT2D eigenvalue weighted by atomic mass is 9.49. The highest BCUT2D eigenvalue weighted by Gasteiger charge is 2.70. The van der Waals surface area contributed by atoms with Gasteiger partial charge in [-0.2, -0.15) is 0 Å². The van der Waals surface area contributed by atoms with Gasteiger partial charge in [-0.25, -0.2) is 4.90 Å². The Hall–Kier alpha value is -4.67. The third-order valence-corrected chi connectivity index (χ3v) is 10.9. The molecule has 7 rings (SSSR count). The van der Waals surface area contributed by atoms with Gasteiger partial charge in [0.2, 0.25) is 23.6 Å². The molecule has 0 unspecified atom stereocenters. The van der Waals surface area contributed by atoms with Crippen molar-refractivity contribution < 1.29 is 38.9 Å². The Kier molecular flexibility index (Phi) is 7.83. The van der Waals surface area contributed by atoms with Gasteiger partial charge in [0.15, 0.2) is 11.5 Å². The average molecular weight is 690 g/mol. The van der Waals surface area contributed by atoms with Crippen molar-refractivity contribution in [3.8, 4) is 11.5 Å². The number of amides is 4. The summed E-state index contributed by atoms with van der Waals surface area (Å²) in [5, 5.41) is 20.3. The van der Waals surface area contributed by atoms with Gasteiger partial charge >= 0.3 is 5.97 Å². The fourth-order valence-electron chi connectivity index (χ4n) is 8.53. The number of carboxylic acid groups (broad SMARTS) is 1. The van der Waals surface area contributed by atoms with Crippen LogP contribution in [0.3, 0.4) is 0 Å². The van der Waals surface area contributed by atoms with Gasteiger partial charge in [0, 0.05) is 17.5 Å². The third-order valence-electron chi connectivity index (χ3n) is 10.4. The topological polar surface area (TPSA) is 142 Å². The number of phenolic OH excluding ortho intramolecular Hbond substituents is 1. The van der Waals surface area contributed by atoms with Gasteiger partial charge in [-0.15, -0.1) is 0 Å². The summed E-state index contributed by atoms with van der Waals surface area (Å²) in [6, 6.07) is 18.6. The number of phenols is 1. The van der Waals surface area contributed by atoms with Gasteiger partial charge < -0.3 is 14.9 Å². The van der Waals surface area contributed by atoms with Crippen LogP contribution >= 0.6 is 23.2 Å². The third kappa shape index (κ3) is 4.57. The van der Waals surface area contributed by atoms with Crippen molar-refractivity contribution in [2.45, 2.75) is 30.6 Å². The van der Waals surface area contributed by atoms with E-state index in [1.807, 2.05) is 12.1 Å². The number of imide groups is 2. The summed E-state index contributed by atoms with van der Waals surface area (Å²) in [4.78, 5) is 71.1. The molecule has 246 valence electrons. The predicted octanol–water partition coefficient (Wildman–Crippen LogP) is 5.34. The summed E-state index contributed by atoms with van der Waals surface area (Å²) in [5.74, 6) is -7.38. The van der Waals surface area contributed by atoms with E-state index in [0.717, 1.165) is 9.80 Å². The molecule has 2 heterocycles. The van der Waals surface area contributed by atoms with Gasteiger partial charge in [-0.3, -0.25) is 28.9 Å². The second-order valence-electron chi connectivity index (χ2n) is 12.6. The summed E-state index contributed by atoms with van der Waals surface area (Å²) in [7, 11) is 1.37. The number of likely N-dealkylation sites (tertiary alicyclic amines) is 1. The van der Waals surface area contributed by atoms with Crippen LogP contribution in [0, 0.1) is 23.7 Å². The number of carbonyl (C=O) groups excluding carboxylic acids is 4. The monoisotopic (exact) mass is 688 g/mol. The molecule has 3 aromatic carbocycles. The number of nitrogens with zero attached hydrogens (tertiary/aromatic N) is 2. The molecule has 2 saturated heterocycles. The number of halogens is 2. The van der Waals surface area contributed by atoms with Crippen LogP contribution in [-0.4, -0.2) is 58.4 Å². The van der Waals surface area contributed by atoms with E-state index in [9.17, 15) is 29.4 Å². The minimum absolute atomic E-state index is 0.0315. The predicted molar refractivity (Wildman–Crippen MR) is 175 cm³/mol. The lowest BCUT2D eigenvalue weighted by molar-refractivity contribution is -0.142. The van der Waals surface area contributed by atoms with Crippen LogP contribution in [0.1, 0.15) is 36.3 Å². The minimum atomic E-state index is -1.53. The molecule has 4 aliphatic rings. The number of aliphatic carboxylic acids is 1. The molecular weight excluding hydrogens is 659 g/mol. The number of carboxylic acids is 1. The molecule has 10 nitrogen and oxygen atoms in total. The highest BCUT2D eigenvalue weighted by molar-refractivity contribution is 6.33.